The molecule has 140 valence electrons. The quantitative estimate of drug-likeness (QED) is 0.721. The number of hydrogen-bond acceptors (Lipinski definition) is 4. The van der Waals surface area contributed by atoms with Crippen molar-refractivity contribution in [3.8, 4) is 5.75 Å². The average molecular weight is 380 g/mol. The molecule has 0 radical (unpaired) electrons. The van der Waals surface area contributed by atoms with Gasteiger partial charge in [0.1, 0.15) is 24.0 Å². The fourth-order valence-corrected chi connectivity index (χ4v) is 3.02. The second-order valence-electron chi connectivity index (χ2n) is 6.31. The van der Waals surface area contributed by atoms with Crippen LogP contribution in [-0.2, 0) is 6.61 Å². The van der Waals surface area contributed by atoms with Crippen molar-refractivity contribution in [2.75, 3.05) is 5.32 Å². The third kappa shape index (κ3) is 3.18. The van der Waals surface area contributed by atoms with Crippen molar-refractivity contribution < 1.29 is 23.1 Å². The van der Waals surface area contributed by atoms with Crippen LogP contribution in [-0.4, -0.2) is 11.7 Å². The van der Waals surface area contributed by atoms with Gasteiger partial charge in [0.2, 0.25) is 5.91 Å². The summed E-state index contributed by atoms with van der Waals surface area (Å²) in [5, 5.41) is 2.84. The first-order valence-electron chi connectivity index (χ1n) is 8.39. The predicted octanol–water partition coefficient (Wildman–Crippen LogP) is 3.93. The minimum absolute atomic E-state index is 0.0932. The Hall–Kier alpha value is -3.74. The smallest absolute Gasteiger partial charge is 0.248 e. The number of nitrogens with one attached hydrogen (secondary N) is 1. The molecule has 0 spiro atoms. The molecule has 3 aromatic rings. The summed E-state index contributed by atoms with van der Waals surface area (Å²) in [6.45, 7) is 0.126. The molecule has 5 nitrogen and oxygen atoms in total. The number of amides is 1. The molecule has 0 bridgehead atoms. The first kappa shape index (κ1) is 17.7. The summed E-state index contributed by atoms with van der Waals surface area (Å²) in [5.41, 5.74) is 7.39. The van der Waals surface area contributed by atoms with Crippen molar-refractivity contribution in [1.82, 2.24) is 0 Å². The molecule has 1 aliphatic heterocycles. The van der Waals surface area contributed by atoms with Crippen LogP contribution in [0, 0.1) is 11.6 Å². The zero-order chi connectivity index (χ0) is 19.8. The molecule has 0 unspecified atom stereocenters. The summed E-state index contributed by atoms with van der Waals surface area (Å²) in [4.78, 5) is 24.3. The van der Waals surface area contributed by atoms with Crippen molar-refractivity contribution in [2.24, 2.45) is 5.73 Å². The number of hydrogen-bond donors (Lipinski definition) is 2. The van der Waals surface area contributed by atoms with Crippen LogP contribution in [0.15, 0.2) is 54.6 Å². The van der Waals surface area contributed by atoms with E-state index < -0.39 is 17.5 Å². The van der Waals surface area contributed by atoms with Crippen molar-refractivity contribution in [3.63, 3.8) is 0 Å². The average Bonchev–Trinajstić information content (AvgIpc) is 2.80. The minimum Gasteiger partial charge on any atom is -0.488 e. The van der Waals surface area contributed by atoms with Gasteiger partial charge in [-0.15, -0.1) is 0 Å². The monoisotopic (exact) mass is 380 g/mol. The predicted molar refractivity (Wildman–Crippen MR) is 98.8 cm³/mol. The van der Waals surface area contributed by atoms with Gasteiger partial charge in [-0.25, -0.2) is 8.78 Å². The first-order chi connectivity index (χ1) is 13.4. The molecule has 7 heteroatoms. The van der Waals surface area contributed by atoms with E-state index in [0.29, 0.717) is 28.1 Å². The zero-order valence-electron chi connectivity index (χ0n) is 14.5. The van der Waals surface area contributed by atoms with Gasteiger partial charge < -0.3 is 15.8 Å². The van der Waals surface area contributed by atoms with Crippen LogP contribution < -0.4 is 15.8 Å². The Morgan fingerprint density at radius 2 is 1.82 bits per heavy atom. The zero-order valence-corrected chi connectivity index (χ0v) is 14.5. The molecule has 4 rings (SSSR count). The Morgan fingerprint density at radius 1 is 1.00 bits per heavy atom. The van der Waals surface area contributed by atoms with Gasteiger partial charge >= 0.3 is 0 Å². The van der Waals surface area contributed by atoms with E-state index in [0.717, 1.165) is 12.1 Å². The largest absolute Gasteiger partial charge is 0.488 e. The Bertz CT molecular complexity index is 1130. The van der Waals surface area contributed by atoms with Crippen LogP contribution in [0.5, 0.6) is 5.75 Å². The van der Waals surface area contributed by atoms with Gasteiger partial charge in [0, 0.05) is 34.5 Å². The molecule has 28 heavy (non-hydrogen) atoms. The Morgan fingerprint density at radius 3 is 2.57 bits per heavy atom. The summed E-state index contributed by atoms with van der Waals surface area (Å²) in [5.74, 6) is -2.02. The molecule has 0 saturated carbocycles. The molecule has 3 N–H and O–H groups in total. The lowest BCUT2D eigenvalue weighted by Gasteiger charge is -2.11. The molecule has 3 aromatic carbocycles. The number of primary amides is 1. The maximum atomic E-state index is 13.9. The second-order valence-corrected chi connectivity index (χ2v) is 6.31. The van der Waals surface area contributed by atoms with Crippen LogP contribution in [0.4, 0.5) is 20.2 Å². The number of carbonyl (C=O) groups excluding carboxylic acids is 2. The maximum Gasteiger partial charge on any atom is 0.248 e. The highest BCUT2D eigenvalue weighted by molar-refractivity contribution is 6.13. The fourth-order valence-electron chi connectivity index (χ4n) is 3.02. The summed E-state index contributed by atoms with van der Waals surface area (Å²) >= 11 is 0. The van der Waals surface area contributed by atoms with E-state index in [1.807, 2.05) is 0 Å². The number of nitrogens with two attached hydrogens (primary N) is 1. The Labute approximate surface area is 158 Å². The van der Waals surface area contributed by atoms with E-state index >= 15 is 0 Å². The fraction of sp³-hybridized carbons (Fsp3) is 0.0476. The number of ether oxygens (including phenoxy) is 1. The number of anilines is 2. The van der Waals surface area contributed by atoms with Gasteiger partial charge in [0.15, 0.2) is 5.78 Å². The summed E-state index contributed by atoms with van der Waals surface area (Å²) < 4.78 is 32.7. The van der Waals surface area contributed by atoms with E-state index in [1.54, 1.807) is 24.3 Å². The van der Waals surface area contributed by atoms with Crippen LogP contribution >= 0.6 is 0 Å². The molecule has 0 aliphatic carbocycles. The van der Waals surface area contributed by atoms with Crippen LogP contribution in [0.2, 0.25) is 0 Å². The van der Waals surface area contributed by atoms with E-state index in [2.05, 4.69) is 5.32 Å². The molecular weight excluding hydrogens is 366 g/mol. The normalized spacial score (nSPS) is 12.4. The molecule has 0 saturated heterocycles. The number of ketones is 1. The first-order valence-corrected chi connectivity index (χ1v) is 8.39. The summed E-state index contributed by atoms with van der Waals surface area (Å²) in [6.07, 6.45) is 0. The second kappa shape index (κ2) is 6.77. The van der Waals surface area contributed by atoms with Gasteiger partial charge in [-0.1, -0.05) is 6.07 Å². The van der Waals surface area contributed by atoms with Crippen LogP contribution in [0.3, 0.4) is 0 Å². The van der Waals surface area contributed by atoms with E-state index in [1.165, 1.54) is 18.2 Å². The van der Waals surface area contributed by atoms with Gasteiger partial charge in [0.05, 0.1) is 11.3 Å². The maximum absolute atomic E-state index is 13.9. The van der Waals surface area contributed by atoms with Crippen molar-refractivity contribution in [3.05, 3.63) is 88.5 Å². The van der Waals surface area contributed by atoms with Crippen molar-refractivity contribution >= 4 is 23.1 Å². The van der Waals surface area contributed by atoms with Crippen LogP contribution in [0.1, 0.15) is 31.8 Å². The summed E-state index contributed by atoms with van der Waals surface area (Å²) in [7, 11) is 0. The molecule has 0 fully saturated rings. The highest BCUT2D eigenvalue weighted by Gasteiger charge is 2.23. The number of benzene rings is 3. The minimum atomic E-state index is -0.738. The van der Waals surface area contributed by atoms with Crippen LogP contribution in [0.25, 0.3) is 0 Å². The number of fused-ring (bicyclic) bond motifs is 2. The Kier molecular flexibility index (Phi) is 4.27. The van der Waals surface area contributed by atoms with E-state index in [9.17, 15) is 18.4 Å². The van der Waals surface area contributed by atoms with Gasteiger partial charge in [-0.3, -0.25) is 9.59 Å². The van der Waals surface area contributed by atoms with E-state index in [4.69, 9.17) is 10.5 Å². The van der Waals surface area contributed by atoms with Gasteiger partial charge in [-0.05, 0) is 36.4 Å². The number of halogens is 2. The number of rotatable bonds is 3. The lowest BCUT2D eigenvalue weighted by Crippen LogP contribution is -2.13. The van der Waals surface area contributed by atoms with Gasteiger partial charge in [-0.2, -0.15) is 0 Å². The highest BCUT2D eigenvalue weighted by atomic mass is 19.1. The molecule has 0 atom stereocenters. The molecule has 1 heterocycles. The molecular formula is C21H14F2N2O3. The van der Waals surface area contributed by atoms with Gasteiger partial charge in [0.25, 0.3) is 0 Å². The van der Waals surface area contributed by atoms with Crippen molar-refractivity contribution in [1.29, 1.82) is 0 Å². The molecule has 0 aromatic heterocycles. The lowest BCUT2D eigenvalue weighted by atomic mass is 9.96. The summed E-state index contributed by atoms with van der Waals surface area (Å²) in [6, 6.07) is 12.5. The number of carbonyl (C=O) groups is 2. The molecule has 1 aliphatic rings. The topological polar surface area (TPSA) is 81.4 Å². The Balaban J connectivity index is 1.69. The van der Waals surface area contributed by atoms with Crippen molar-refractivity contribution in [2.45, 2.75) is 6.61 Å². The standard InChI is InChI=1S/C21H14F2N2O3/c22-13-3-6-18(17(23)8-13)25-14-4-5-15-19(9-14)28-10-12-2-1-11(21(24)27)7-16(12)20(15)26/h1-9,25H,10H2,(H2,24,27). The molecule has 1 amide bonds. The van der Waals surface area contributed by atoms with E-state index in [-0.39, 0.29) is 23.6 Å². The highest BCUT2D eigenvalue weighted by Crippen LogP contribution is 2.32. The lowest BCUT2D eigenvalue weighted by molar-refractivity contribution is 0.1000. The third-order valence-electron chi connectivity index (χ3n) is 4.46. The SMILES string of the molecule is NC(=O)c1ccc2c(c1)C(=O)c1ccc(Nc3ccc(F)cc3F)cc1OC2. The third-order valence-corrected chi connectivity index (χ3v) is 4.46.